The third-order valence-electron chi connectivity index (χ3n) is 3.43. The fraction of sp³-hybridized carbons (Fsp3) is 0.733. The molecule has 0 bridgehead atoms. The third kappa shape index (κ3) is 5.22. The van der Waals surface area contributed by atoms with E-state index < -0.39 is 0 Å². The molecule has 4 heteroatoms. The predicted octanol–water partition coefficient (Wildman–Crippen LogP) is 3.29. The van der Waals surface area contributed by atoms with Crippen molar-refractivity contribution < 1.29 is 9.47 Å². The minimum Gasteiger partial charge on any atom is -0.379 e. The number of rotatable bonds is 8. The highest BCUT2D eigenvalue weighted by molar-refractivity contribution is 7.12. The zero-order valence-corrected chi connectivity index (χ0v) is 12.8. The first-order valence-electron chi connectivity index (χ1n) is 7.25. The van der Waals surface area contributed by atoms with Gasteiger partial charge in [-0.2, -0.15) is 0 Å². The van der Waals surface area contributed by atoms with E-state index in [-0.39, 0.29) is 0 Å². The van der Waals surface area contributed by atoms with Crippen molar-refractivity contribution in [1.82, 2.24) is 5.32 Å². The lowest BCUT2D eigenvalue weighted by Crippen LogP contribution is -2.21. The van der Waals surface area contributed by atoms with E-state index >= 15 is 0 Å². The van der Waals surface area contributed by atoms with Gasteiger partial charge in [0.2, 0.25) is 0 Å². The second-order valence-electron chi connectivity index (χ2n) is 5.19. The molecule has 1 fully saturated rings. The van der Waals surface area contributed by atoms with Crippen LogP contribution in [0.3, 0.4) is 0 Å². The van der Waals surface area contributed by atoms with E-state index in [2.05, 4.69) is 31.3 Å². The Hall–Kier alpha value is -0.420. The highest BCUT2D eigenvalue weighted by atomic mass is 32.1. The Morgan fingerprint density at radius 3 is 3.11 bits per heavy atom. The van der Waals surface area contributed by atoms with Gasteiger partial charge in [0.1, 0.15) is 0 Å². The molecule has 0 aliphatic carbocycles. The van der Waals surface area contributed by atoms with Crippen LogP contribution in [-0.4, -0.2) is 32.5 Å². The van der Waals surface area contributed by atoms with E-state index in [9.17, 15) is 0 Å². The molecule has 19 heavy (non-hydrogen) atoms. The van der Waals surface area contributed by atoms with Gasteiger partial charge in [-0.25, -0.2) is 0 Å². The minimum atomic E-state index is 0.348. The molecule has 1 aromatic rings. The molecule has 3 nitrogen and oxygen atoms in total. The maximum Gasteiger partial charge on any atom is 0.0809 e. The van der Waals surface area contributed by atoms with Crippen LogP contribution in [0.5, 0.6) is 0 Å². The lowest BCUT2D eigenvalue weighted by atomic mass is 10.2. The van der Waals surface area contributed by atoms with Crippen molar-refractivity contribution in [3.05, 3.63) is 21.9 Å². The van der Waals surface area contributed by atoms with E-state index in [1.807, 2.05) is 11.3 Å². The van der Waals surface area contributed by atoms with E-state index in [0.717, 1.165) is 39.2 Å². The molecule has 0 radical (unpaired) electrons. The molecule has 2 rings (SSSR count). The van der Waals surface area contributed by atoms with Crippen molar-refractivity contribution in [3.8, 4) is 0 Å². The Kier molecular flexibility index (Phi) is 6.31. The SMILES string of the molecule is Cc1ccc(C(C)NCCCOCC2CCCO2)s1. The summed E-state index contributed by atoms with van der Waals surface area (Å²) in [7, 11) is 0. The fourth-order valence-electron chi connectivity index (χ4n) is 2.27. The highest BCUT2D eigenvalue weighted by Gasteiger charge is 2.14. The maximum atomic E-state index is 5.65. The normalized spacial score (nSPS) is 20.8. The van der Waals surface area contributed by atoms with Gasteiger partial charge < -0.3 is 14.8 Å². The zero-order chi connectivity index (χ0) is 13.5. The van der Waals surface area contributed by atoms with Gasteiger partial charge in [0.25, 0.3) is 0 Å². The standard InChI is InChI=1S/C15H25NO2S/c1-12-6-7-15(19-12)13(2)16-8-4-9-17-11-14-5-3-10-18-14/h6-7,13-14,16H,3-5,8-11H2,1-2H3. The second-order valence-corrected chi connectivity index (χ2v) is 6.51. The Balaban J connectivity index is 1.49. The van der Waals surface area contributed by atoms with Gasteiger partial charge in [-0.05, 0) is 51.8 Å². The lowest BCUT2D eigenvalue weighted by molar-refractivity contribution is 0.0165. The summed E-state index contributed by atoms with van der Waals surface area (Å²) in [5, 5.41) is 3.54. The minimum absolute atomic E-state index is 0.348. The molecule has 0 spiro atoms. The van der Waals surface area contributed by atoms with Crippen molar-refractivity contribution in [1.29, 1.82) is 0 Å². The number of thiophene rings is 1. The largest absolute Gasteiger partial charge is 0.379 e. The summed E-state index contributed by atoms with van der Waals surface area (Å²) in [6.07, 6.45) is 3.75. The van der Waals surface area contributed by atoms with Crippen molar-refractivity contribution >= 4 is 11.3 Å². The molecule has 108 valence electrons. The summed E-state index contributed by atoms with van der Waals surface area (Å²) in [5.41, 5.74) is 0. The summed E-state index contributed by atoms with van der Waals surface area (Å²) in [5.74, 6) is 0. The molecule has 1 saturated heterocycles. The summed E-state index contributed by atoms with van der Waals surface area (Å²) in [6, 6.07) is 4.84. The predicted molar refractivity (Wildman–Crippen MR) is 79.9 cm³/mol. The molecule has 1 aliphatic rings. The van der Waals surface area contributed by atoms with Gasteiger partial charge in [-0.1, -0.05) is 0 Å². The molecule has 2 unspecified atom stereocenters. The van der Waals surface area contributed by atoms with Gasteiger partial charge in [0.15, 0.2) is 0 Å². The van der Waals surface area contributed by atoms with Gasteiger partial charge in [0.05, 0.1) is 12.7 Å². The van der Waals surface area contributed by atoms with Crippen LogP contribution in [0.25, 0.3) is 0 Å². The van der Waals surface area contributed by atoms with Crippen molar-refractivity contribution in [2.24, 2.45) is 0 Å². The molecular weight excluding hydrogens is 258 g/mol. The van der Waals surface area contributed by atoms with Gasteiger partial charge >= 0.3 is 0 Å². The lowest BCUT2D eigenvalue weighted by Gasteiger charge is -2.13. The van der Waals surface area contributed by atoms with E-state index in [4.69, 9.17) is 9.47 Å². The van der Waals surface area contributed by atoms with Crippen molar-refractivity contribution in [2.45, 2.75) is 45.3 Å². The summed E-state index contributed by atoms with van der Waals surface area (Å²) in [6.45, 7) is 7.87. The van der Waals surface area contributed by atoms with E-state index in [0.29, 0.717) is 12.1 Å². The number of aryl methyl sites for hydroxylation is 1. The first-order valence-corrected chi connectivity index (χ1v) is 8.06. The molecule has 1 aromatic heterocycles. The highest BCUT2D eigenvalue weighted by Crippen LogP contribution is 2.22. The quantitative estimate of drug-likeness (QED) is 0.743. The van der Waals surface area contributed by atoms with Gasteiger partial charge in [0, 0.05) is 29.0 Å². The fourth-order valence-corrected chi connectivity index (χ4v) is 3.17. The average molecular weight is 283 g/mol. The van der Waals surface area contributed by atoms with Crippen LogP contribution in [0.15, 0.2) is 12.1 Å². The summed E-state index contributed by atoms with van der Waals surface area (Å²) >= 11 is 1.87. The van der Waals surface area contributed by atoms with E-state index in [1.165, 1.54) is 16.2 Å². The number of ether oxygens (including phenoxy) is 2. The molecule has 2 heterocycles. The van der Waals surface area contributed by atoms with Crippen molar-refractivity contribution in [3.63, 3.8) is 0 Å². The van der Waals surface area contributed by atoms with Crippen molar-refractivity contribution in [2.75, 3.05) is 26.4 Å². The smallest absolute Gasteiger partial charge is 0.0809 e. The Labute approximate surface area is 120 Å². The first-order chi connectivity index (χ1) is 9.25. The van der Waals surface area contributed by atoms with E-state index in [1.54, 1.807) is 0 Å². The molecule has 2 atom stereocenters. The van der Waals surface area contributed by atoms with Crippen LogP contribution in [0.4, 0.5) is 0 Å². The average Bonchev–Trinajstić information content (AvgIpc) is 3.04. The monoisotopic (exact) mass is 283 g/mol. The third-order valence-corrected chi connectivity index (χ3v) is 4.62. The van der Waals surface area contributed by atoms with Crippen LogP contribution in [0.1, 0.15) is 42.0 Å². The molecule has 0 saturated carbocycles. The maximum absolute atomic E-state index is 5.65. The Morgan fingerprint density at radius 2 is 2.42 bits per heavy atom. The van der Waals surface area contributed by atoms with Crippen LogP contribution in [-0.2, 0) is 9.47 Å². The summed E-state index contributed by atoms with van der Waals surface area (Å²) < 4.78 is 11.2. The number of hydrogen-bond acceptors (Lipinski definition) is 4. The Morgan fingerprint density at radius 1 is 1.53 bits per heavy atom. The van der Waals surface area contributed by atoms with Gasteiger partial charge in [-0.3, -0.25) is 0 Å². The van der Waals surface area contributed by atoms with Crippen LogP contribution in [0.2, 0.25) is 0 Å². The molecular formula is C15H25NO2S. The van der Waals surface area contributed by atoms with Crippen LogP contribution in [0, 0.1) is 6.92 Å². The second kappa shape index (κ2) is 8.00. The molecule has 1 aliphatic heterocycles. The zero-order valence-electron chi connectivity index (χ0n) is 12.0. The molecule has 1 N–H and O–H groups in total. The first kappa shape index (κ1) is 15.0. The topological polar surface area (TPSA) is 30.5 Å². The van der Waals surface area contributed by atoms with Gasteiger partial charge in [-0.15, -0.1) is 11.3 Å². The number of hydrogen-bond donors (Lipinski definition) is 1. The van der Waals surface area contributed by atoms with Crippen LogP contribution >= 0.6 is 11.3 Å². The Bertz CT molecular complexity index is 361. The van der Waals surface area contributed by atoms with Crippen LogP contribution < -0.4 is 5.32 Å². The summed E-state index contributed by atoms with van der Waals surface area (Å²) in [4.78, 5) is 2.79. The molecule has 0 amide bonds. The number of nitrogens with one attached hydrogen (secondary N) is 1. The molecule has 0 aromatic carbocycles.